The van der Waals surface area contributed by atoms with Gasteiger partial charge in [0.1, 0.15) is 42.4 Å². The summed E-state index contributed by atoms with van der Waals surface area (Å²) in [5.41, 5.74) is 2.09. The van der Waals surface area contributed by atoms with E-state index in [0.29, 0.717) is 28.3 Å². The standard InChI is InChI=1S/C23H27ClO7/c24-18-6-3-14(23-22(28)21(27)20(26)19(11-25)31-23)10-15(18)9-13-1-4-16(5-2-13)30-17-7-8-29-12-17/h1-6,10,17,19-23,25-28H,7-9,11-12H2/t17-,19-,20-,21+,22-,23+/m1/s1/i8D2,12D2. The van der Waals surface area contributed by atoms with Crippen LogP contribution in [0.15, 0.2) is 42.5 Å². The van der Waals surface area contributed by atoms with Gasteiger partial charge >= 0.3 is 0 Å². The Morgan fingerprint density at radius 1 is 1.06 bits per heavy atom. The number of halogens is 1. The minimum atomic E-state index is -2.25. The topological polar surface area (TPSA) is 109 Å². The summed E-state index contributed by atoms with van der Waals surface area (Å²) in [6, 6.07) is 11.8. The Labute approximate surface area is 191 Å². The zero-order chi connectivity index (χ0) is 25.5. The highest BCUT2D eigenvalue weighted by atomic mass is 35.5. The normalized spacial score (nSPS) is 36.2. The fourth-order valence-corrected chi connectivity index (χ4v) is 3.87. The SMILES string of the molecule is [2H]C1([2H])C[C@@H](Oc2ccc(Cc3cc([C@@H]4O[C@H](CO)[C@@H](O)[C@H](O)[C@H]4O)ccc3Cl)cc2)C([2H])([2H])O1. The van der Waals surface area contributed by atoms with E-state index in [2.05, 4.69) is 0 Å². The Balaban J connectivity index is 1.48. The van der Waals surface area contributed by atoms with Crippen molar-refractivity contribution in [2.75, 3.05) is 19.7 Å². The predicted octanol–water partition coefficient (Wildman–Crippen LogP) is 1.61. The van der Waals surface area contributed by atoms with Crippen molar-refractivity contribution in [2.24, 2.45) is 0 Å². The molecule has 0 aliphatic carbocycles. The molecule has 2 saturated heterocycles. The molecular weight excluding hydrogens is 424 g/mol. The molecule has 4 N–H and O–H groups in total. The van der Waals surface area contributed by atoms with Crippen molar-refractivity contribution < 1.29 is 40.1 Å². The first kappa shape index (κ1) is 17.8. The van der Waals surface area contributed by atoms with Crippen LogP contribution < -0.4 is 4.74 Å². The van der Waals surface area contributed by atoms with Gasteiger partial charge in [0.05, 0.1) is 25.2 Å². The zero-order valence-corrected chi connectivity index (χ0v) is 17.3. The van der Waals surface area contributed by atoms with Crippen molar-refractivity contribution in [1.82, 2.24) is 0 Å². The number of rotatable bonds is 6. The molecule has 0 aromatic heterocycles. The van der Waals surface area contributed by atoms with Gasteiger partial charge in [-0.05, 0) is 41.3 Å². The first-order valence-corrected chi connectivity index (χ1v) is 10.3. The fourth-order valence-electron chi connectivity index (χ4n) is 3.69. The number of hydrogen-bond acceptors (Lipinski definition) is 7. The third-order valence-corrected chi connectivity index (χ3v) is 5.79. The van der Waals surface area contributed by atoms with Crippen LogP contribution in [0.5, 0.6) is 5.75 Å². The van der Waals surface area contributed by atoms with Gasteiger partial charge in [0.2, 0.25) is 0 Å². The summed E-state index contributed by atoms with van der Waals surface area (Å²) in [6.45, 7) is -4.87. The molecule has 2 aromatic carbocycles. The van der Waals surface area contributed by atoms with Gasteiger partial charge in [-0.1, -0.05) is 35.9 Å². The lowest BCUT2D eigenvalue weighted by atomic mass is 9.90. The zero-order valence-electron chi connectivity index (χ0n) is 20.5. The summed E-state index contributed by atoms with van der Waals surface area (Å²) < 4.78 is 46.9. The van der Waals surface area contributed by atoms with Crippen LogP contribution in [0.1, 0.15) is 34.7 Å². The van der Waals surface area contributed by atoms with Crippen molar-refractivity contribution in [3.8, 4) is 5.75 Å². The van der Waals surface area contributed by atoms with Crippen LogP contribution in [-0.2, 0) is 15.9 Å². The van der Waals surface area contributed by atoms with Crippen LogP contribution in [0, 0.1) is 0 Å². The molecule has 168 valence electrons. The van der Waals surface area contributed by atoms with Crippen LogP contribution in [0.3, 0.4) is 0 Å². The minimum Gasteiger partial charge on any atom is -0.488 e. The minimum absolute atomic E-state index is 0.234. The summed E-state index contributed by atoms with van der Waals surface area (Å²) in [6.07, 6.45) is -7.23. The molecule has 2 fully saturated rings. The molecule has 2 aliphatic rings. The molecule has 2 aliphatic heterocycles. The van der Waals surface area contributed by atoms with Crippen molar-refractivity contribution >= 4 is 11.6 Å². The van der Waals surface area contributed by atoms with Gasteiger partial charge in [0, 0.05) is 11.4 Å². The van der Waals surface area contributed by atoms with Gasteiger partial charge < -0.3 is 34.6 Å². The molecule has 0 amide bonds. The lowest BCUT2D eigenvalue weighted by Gasteiger charge is -2.40. The number of ether oxygens (including phenoxy) is 3. The molecule has 0 saturated carbocycles. The number of aliphatic hydroxyl groups is 4. The second-order valence-electron chi connectivity index (χ2n) is 7.60. The molecule has 2 heterocycles. The largest absolute Gasteiger partial charge is 0.488 e. The van der Waals surface area contributed by atoms with E-state index in [9.17, 15) is 20.4 Å². The first-order valence-electron chi connectivity index (χ1n) is 11.9. The van der Waals surface area contributed by atoms with Crippen LogP contribution in [-0.4, -0.2) is 70.7 Å². The summed E-state index contributed by atoms with van der Waals surface area (Å²) in [5.74, 6) is 0.366. The fraction of sp³-hybridized carbons (Fsp3) is 0.478. The molecule has 0 unspecified atom stereocenters. The Morgan fingerprint density at radius 3 is 2.52 bits per heavy atom. The molecule has 0 spiro atoms. The maximum Gasteiger partial charge on any atom is 0.124 e. The van der Waals surface area contributed by atoms with Crippen molar-refractivity contribution in [3.05, 3.63) is 64.2 Å². The molecule has 4 rings (SSSR count). The Hall–Kier alpha value is -1.71. The molecule has 8 heteroatoms. The highest BCUT2D eigenvalue weighted by molar-refractivity contribution is 6.31. The first-order chi connectivity index (χ1) is 16.4. The maximum absolute atomic E-state index is 10.4. The van der Waals surface area contributed by atoms with Gasteiger partial charge in [0.25, 0.3) is 0 Å². The molecule has 31 heavy (non-hydrogen) atoms. The summed E-state index contributed by atoms with van der Waals surface area (Å²) >= 11 is 6.38. The summed E-state index contributed by atoms with van der Waals surface area (Å²) in [7, 11) is 0. The lowest BCUT2D eigenvalue weighted by molar-refractivity contribution is -0.231. The Kier molecular flexibility index (Phi) is 5.65. The van der Waals surface area contributed by atoms with E-state index < -0.39 is 56.3 Å². The second kappa shape index (κ2) is 9.83. The summed E-state index contributed by atoms with van der Waals surface area (Å²) in [5, 5.41) is 40.4. The van der Waals surface area contributed by atoms with Crippen molar-refractivity contribution in [2.45, 2.75) is 49.5 Å². The second-order valence-corrected chi connectivity index (χ2v) is 8.00. The van der Waals surface area contributed by atoms with E-state index >= 15 is 0 Å². The predicted molar refractivity (Wildman–Crippen MR) is 113 cm³/mol. The van der Waals surface area contributed by atoms with E-state index in [1.165, 1.54) is 0 Å². The quantitative estimate of drug-likeness (QED) is 0.525. The Morgan fingerprint density at radius 2 is 1.84 bits per heavy atom. The molecule has 2 aromatic rings. The third-order valence-electron chi connectivity index (χ3n) is 5.42. The van der Waals surface area contributed by atoms with Gasteiger partial charge in [0.15, 0.2) is 0 Å². The molecule has 6 atom stereocenters. The van der Waals surface area contributed by atoms with Crippen LogP contribution in [0.4, 0.5) is 0 Å². The van der Waals surface area contributed by atoms with Crippen molar-refractivity contribution in [1.29, 1.82) is 0 Å². The molecule has 0 bridgehead atoms. The average molecular weight is 455 g/mol. The Bertz CT molecular complexity index is 1040. The van der Waals surface area contributed by atoms with E-state index in [1.54, 1.807) is 42.5 Å². The van der Waals surface area contributed by atoms with Crippen molar-refractivity contribution in [3.63, 3.8) is 0 Å². The van der Waals surface area contributed by atoms with E-state index in [4.69, 9.17) is 31.3 Å². The molecule has 0 radical (unpaired) electrons. The smallest absolute Gasteiger partial charge is 0.124 e. The van der Waals surface area contributed by atoms with Crippen LogP contribution in [0.25, 0.3) is 0 Å². The lowest BCUT2D eigenvalue weighted by Crippen LogP contribution is -2.55. The van der Waals surface area contributed by atoms with E-state index in [1.807, 2.05) is 0 Å². The average Bonchev–Trinajstić information content (AvgIpc) is 3.01. The van der Waals surface area contributed by atoms with Crippen LogP contribution >= 0.6 is 11.6 Å². The molecule has 7 nitrogen and oxygen atoms in total. The monoisotopic (exact) mass is 454 g/mol. The number of benzene rings is 2. The van der Waals surface area contributed by atoms with E-state index in [-0.39, 0.29) is 6.42 Å². The van der Waals surface area contributed by atoms with Gasteiger partial charge in [-0.3, -0.25) is 0 Å². The number of hydrogen-bond donors (Lipinski definition) is 4. The third kappa shape index (κ3) is 5.04. The molecular formula is C23H27ClO7. The van der Waals surface area contributed by atoms with E-state index in [0.717, 1.165) is 5.56 Å². The van der Waals surface area contributed by atoms with Gasteiger partial charge in [-0.2, -0.15) is 0 Å². The van der Waals surface area contributed by atoms with Crippen LogP contribution in [0.2, 0.25) is 5.02 Å². The maximum atomic E-state index is 10.4. The highest BCUT2D eigenvalue weighted by Crippen LogP contribution is 2.34. The number of aliphatic hydroxyl groups excluding tert-OH is 4. The highest BCUT2D eigenvalue weighted by Gasteiger charge is 2.44. The van der Waals surface area contributed by atoms with Gasteiger partial charge in [-0.25, -0.2) is 0 Å². The summed E-state index contributed by atoms with van der Waals surface area (Å²) in [4.78, 5) is 0. The van der Waals surface area contributed by atoms with Gasteiger partial charge in [-0.15, -0.1) is 0 Å².